The van der Waals surface area contributed by atoms with Crippen LogP contribution >= 0.6 is 0 Å². The van der Waals surface area contributed by atoms with E-state index in [0.717, 1.165) is 19.3 Å². The van der Waals surface area contributed by atoms with Crippen LogP contribution in [0, 0.1) is 0 Å². The van der Waals surface area contributed by atoms with Crippen molar-refractivity contribution in [3.8, 4) is 5.75 Å². The molecule has 0 fully saturated rings. The highest BCUT2D eigenvalue weighted by Gasteiger charge is 2.10. The van der Waals surface area contributed by atoms with Crippen LogP contribution in [0.3, 0.4) is 0 Å². The van der Waals surface area contributed by atoms with E-state index >= 15 is 0 Å². The van der Waals surface area contributed by atoms with Gasteiger partial charge >= 0.3 is 0 Å². The molecular weight excluding hydrogens is 180 g/mol. The van der Waals surface area contributed by atoms with Crippen LogP contribution in [0.2, 0.25) is 0 Å². The summed E-state index contributed by atoms with van der Waals surface area (Å²) in [7, 11) is 0. The Labute approximate surface area is 83.4 Å². The number of nitrogens with zero attached hydrogens (tertiary/aromatic N) is 1. The molecule has 0 amide bonds. The smallest absolute Gasteiger partial charge is 0.138 e. The zero-order valence-corrected chi connectivity index (χ0v) is 8.06. The van der Waals surface area contributed by atoms with Gasteiger partial charge in [-0.05, 0) is 31.4 Å². The van der Waals surface area contributed by atoms with Crippen molar-refractivity contribution in [2.24, 2.45) is 5.73 Å². The van der Waals surface area contributed by atoms with Crippen LogP contribution in [-0.4, -0.2) is 21.8 Å². The number of rotatable bonds is 5. The van der Waals surface area contributed by atoms with E-state index in [1.165, 1.54) is 0 Å². The Morgan fingerprint density at radius 1 is 1.43 bits per heavy atom. The van der Waals surface area contributed by atoms with Crippen molar-refractivity contribution in [1.29, 1.82) is 0 Å². The number of hydrogen-bond acceptors (Lipinski definition) is 4. The molecule has 0 aliphatic rings. The molecule has 1 heterocycles. The normalized spacial score (nSPS) is 12.7. The Bertz CT molecular complexity index is 279. The van der Waals surface area contributed by atoms with E-state index < -0.39 is 0 Å². The molecule has 1 aromatic rings. The van der Waals surface area contributed by atoms with Crippen molar-refractivity contribution in [2.45, 2.75) is 25.3 Å². The van der Waals surface area contributed by atoms with Crippen LogP contribution in [0.15, 0.2) is 18.3 Å². The number of pyridine rings is 1. The third kappa shape index (κ3) is 2.97. The Balaban J connectivity index is 2.51. The van der Waals surface area contributed by atoms with Gasteiger partial charge in [0.15, 0.2) is 0 Å². The summed E-state index contributed by atoms with van der Waals surface area (Å²) >= 11 is 0. The zero-order chi connectivity index (χ0) is 10.4. The topological polar surface area (TPSA) is 79.4 Å². The Morgan fingerprint density at radius 3 is 2.86 bits per heavy atom. The van der Waals surface area contributed by atoms with Crippen molar-refractivity contribution in [3.05, 3.63) is 24.0 Å². The summed E-state index contributed by atoms with van der Waals surface area (Å²) in [6.45, 7) is 0.181. The fraction of sp³-hybridized carbons (Fsp3) is 0.500. The predicted molar refractivity (Wildman–Crippen MR) is 53.8 cm³/mol. The van der Waals surface area contributed by atoms with Gasteiger partial charge in [-0.2, -0.15) is 0 Å². The summed E-state index contributed by atoms with van der Waals surface area (Å²) in [4.78, 5) is 4.02. The maximum atomic E-state index is 9.45. The lowest BCUT2D eigenvalue weighted by molar-refractivity contribution is 0.281. The van der Waals surface area contributed by atoms with Gasteiger partial charge in [0.1, 0.15) is 5.75 Å². The molecule has 0 bridgehead atoms. The average molecular weight is 196 g/mol. The molecule has 0 spiro atoms. The molecule has 1 atom stereocenters. The molecule has 0 saturated heterocycles. The minimum absolute atomic E-state index is 0.143. The van der Waals surface area contributed by atoms with Crippen LogP contribution in [0.25, 0.3) is 0 Å². The minimum atomic E-state index is -0.247. The molecular formula is C10H16N2O2. The summed E-state index contributed by atoms with van der Waals surface area (Å²) in [6, 6.07) is 3.00. The minimum Gasteiger partial charge on any atom is -0.506 e. The first-order chi connectivity index (χ1) is 6.75. The van der Waals surface area contributed by atoms with E-state index in [2.05, 4.69) is 4.98 Å². The van der Waals surface area contributed by atoms with Gasteiger partial charge in [0, 0.05) is 12.8 Å². The third-order valence-corrected chi connectivity index (χ3v) is 2.09. The Kier molecular flexibility index (Phi) is 4.35. The number of aromatic nitrogens is 1. The molecule has 0 aliphatic carbocycles. The fourth-order valence-electron chi connectivity index (χ4n) is 1.31. The predicted octanol–water partition coefficient (Wildman–Crippen LogP) is 0.950. The van der Waals surface area contributed by atoms with Crippen molar-refractivity contribution in [1.82, 2.24) is 4.98 Å². The summed E-state index contributed by atoms with van der Waals surface area (Å²) < 4.78 is 0. The van der Waals surface area contributed by atoms with Gasteiger partial charge in [-0.15, -0.1) is 0 Å². The number of hydrogen-bond donors (Lipinski definition) is 3. The van der Waals surface area contributed by atoms with E-state index in [0.29, 0.717) is 5.69 Å². The van der Waals surface area contributed by atoms with E-state index in [9.17, 15) is 5.11 Å². The van der Waals surface area contributed by atoms with Crippen molar-refractivity contribution < 1.29 is 10.2 Å². The summed E-state index contributed by atoms with van der Waals surface area (Å²) in [5, 5.41) is 18.0. The lowest BCUT2D eigenvalue weighted by Crippen LogP contribution is -2.12. The number of aromatic hydroxyl groups is 1. The van der Waals surface area contributed by atoms with Gasteiger partial charge in [0.25, 0.3) is 0 Å². The van der Waals surface area contributed by atoms with Gasteiger partial charge in [-0.3, -0.25) is 4.98 Å². The first-order valence-electron chi connectivity index (χ1n) is 4.76. The van der Waals surface area contributed by atoms with E-state index in [-0.39, 0.29) is 18.4 Å². The number of unbranched alkanes of at least 4 members (excludes halogenated alkanes) is 1. The van der Waals surface area contributed by atoms with Crippen molar-refractivity contribution in [3.63, 3.8) is 0 Å². The van der Waals surface area contributed by atoms with Gasteiger partial charge in [-0.1, -0.05) is 0 Å². The lowest BCUT2D eigenvalue weighted by atomic mass is 10.1. The molecule has 4 nitrogen and oxygen atoms in total. The highest BCUT2D eigenvalue weighted by Crippen LogP contribution is 2.22. The maximum Gasteiger partial charge on any atom is 0.138 e. The van der Waals surface area contributed by atoms with E-state index in [1.54, 1.807) is 18.3 Å². The first-order valence-corrected chi connectivity index (χ1v) is 4.76. The fourth-order valence-corrected chi connectivity index (χ4v) is 1.31. The molecule has 4 heteroatoms. The zero-order valence-electron chi connectivity index (χ0n) is 8.06. The van der Waals surface area contributed by atoms with Gasteiger partial charge in [0.05, 0.1) is 11.7 Å². The largest absolute Gasteiger partial charge is 0.506 e. The van der Waals surface area contributed by atoms with Gasteiger partial charge < -0.3 is 15.9 Å². The maximum absolute atomic E-state index is 9.45. The molecule has 4 N–H and O–H groups in total. The highest BCUT2D eigenvalue weighted by molar-refractivity contribution is 5.27. The second-order valence-corrected chi connectivity index (χ2v) is 3.23. The Morgan fingerprint density at radius 2 is 2.21 bits per heavy atom. The van der Waals surface area contributed by atoms with Crippen molar-refractivity contribution >= 4 is 0 Å². The average Bonchev–Trinajstić information content (AvgIpc) is 2.18. The molecule has 0 unspecified atom stereocenters. The second-order valence-electron chi connectivity index (χ2n) is 3.23. The van der Waals surface area contributed by atoms with Gasteiger partial charge in [-0.25, -0.2) is 0 Å². The molecule has 1 aromatic heterocycles. The van der Waals surface area contributed by atoms with Crippen LogP contribution in [0.1, 0.15) is 31.0 Å². The summed E-state index contributed by atoms with van der Waals surface area (Å²) in [6.07, 6.45) is 3.92. The molecule has 0 aliphatic heterocycles. The van der Waals surface area contributed by atoms with Crippen LogP contribution in [0.4, 0.5) is 0 Å². The molecule has 0 saturated carbocycles. The summed E-state index contributed by atoms with van der Waals surface area (Å²) in [5.41, 5.74) is 6.37. The standard InChI is InChI=1S/C10H16N2O2/c11-8(4-1-2-7-13)10-9(14)5-3-6-12-10/h3,5-6,8,13-14H,1-2,4,7,11H2/t8-/m1/s1. The van der Waals surface area contributed by atoms with Crippen LogP contribution in [0.5, 0.6) is 5.75 Å². The molecule has 0 aromatic carbocycles. The number of aliphatic hydroxyl groups excluding tert-OH is 1. The monoisotopic (exact) mass is 196 g/mol. The van der Waals surface area contributed by atoms with E-state index in [4.69, 9.17) is 10.8 Å². The molecule has 0 radical (unpaired) electrons. The van der Waals surface area contributed by atoms with Gasteiger partial charge in [0.2, 0.25) is 0 Å². The molecule has 1 rings (SSSR count). The highest BCUT2D eigenvalue weighted by atomic mass is 16.3. The SMILES string of the molecule is N[C@H](CCCCO)c1ncccc1O. The van der Waals surface area contributed by atoms with E-state index in [1.807, 2.05) is 0 Å². The van der Waals surface area contributed by atoms with Crippen molar-refractivity contribution in [2.75, 3.05) is 6.61 Å². The number of aliphatic hydroxyl groups is 1. The van der Waals surface area contributed by atoms with Crippen LogP contribution in [-0.2, 0) is 0 Å². The second kappa shape index (κ2) is 5.57. The molecule has 14 heavy (non-hydrogen) atoms. The lowest BCUT2D eigenvalue weighted by Gasteiger charge is -2.11. The third-order valence-electron chi connectivity index (χ3n) is 2.09. The number of nitrogens with two attached hydrogens (primary N) is 1. The molecule has 78 valence electrons. The Hall–Kier alpha value is -1.13. The quantitative estimate of drug-likeness (QED) is 0.612. The first kappa shape index (κ1) is 10.9. The summed E-state index contributed by atoms with van der Waals surface area (Å²) in [5.74, 6) is 0.143. The van der Waals surface area contributed by atoms with Crippen LogP contribution < -0.4 is 5.73 Å².